The van der Waals surface area contributed by atoms with Crippen LogP contribution >= 0.6 is 0 Å². The van der Waals surface area contributed by atoms with Crippen LogP contribution in [0.5, 0.6) is 0 Å². The van der Waals surface area contributed by atoms with E-state index >= 15 is 0 Å². The third-order valence-electron chi connectivity index (χ3n) is 7.44. The van der Waals surface area contributed by atoms with Gasteiger partial charge in [-0.1, -0.05) is 6.07 Å². The van der Waals surface area contributed by atoms with E-state index < -0.39 is 17.6 Å². The van der Waals surface area contributed by atoms with E-state index in [4.69, 9.17) is 5.73 Å². The van der Waals surface area contributed by atoms with Crippen molar-refractivity contribution in [2.45, 2.75) is 50.0 Å². The number of nitrogens with two attached hydrogens (primary N) is 1. The summed E-state index contributed by atoms with van der Waals surface area (Å²) in [5, 5.41) is 0.348. The van der Waals surface area contributed by atoms with Crippen molar-refractivity contribution in [3.05, 3.63) is 70.8 Å². The summed E-state index contributed by atoms with van der Waals surface area (Å²) in [6.45, 7) is 1.30. The Balaban J connectivity index is 1.31. The molecule has 1 saturated carbocycles. The predicted molar refractivity (Wildman–Crippen MR) is 131 cm³/mol. The number of rotatable bonds is 6. The number of nitrogens with zero attached hydrogens (tertiary/aromatic N) is 4. The molecule has 0 atom stereocenters. The Bertz CT molecular complexity index is 1310. The molecule has 0 unspecified atom stereocenters. The van der Waals surface area contributed by atoms with E-state index in [0.717, 1.165) is 37.8 Å². The number of alkyl halides is 3. The highest BCUT2D eigenvalue weighted by atomic mass is 19.4. The third kappa shape index (κ3) is 4.82. The molecule has 0 radical (unpaired) electrons. The van der Waals surface area contributed by atoms with Crippen molar-refractivity contribution in [2.24, 2.45) is 5.73 Å². The highest BCUT2D eigenvalue weighted by molar-refractivity contribution is 5.94. The second-order valence-corrected chi connectivity index (χ2v) is 9.67. The average Bonchev–Trinajstić information content (AvgIpc) is 2.82. The van der Waals surface area contributed by atoms with E-state index in [1.54, 1.807) is 24.4 Å². The first kappa shape index (κ1) is 24.3. The number of pyridine rings is 2. The van der Waals surface area contributed by atoms with Gasteiger partial charge in [-0.3, -0.25) is 19.5 Å². The van der Waals surface area contributed by atoms with Gasteiger partial charge in [0.1, 0.15) is 0 Å². The smallest absolute Gasteiger partial charge is 0.368 e. The number of carbonyl (C=O) groups excluding carboxylic acids is 1. The molecule has 36 heavy (non-hydrogen) atoms. The summed E-state index contributed by atoms with van der Waals surface area (Å²) in [6.07, 6.45) is 2.65. The zero-order valence-electron chi connectivity index (χ0n) is 19.7. The number of aromatic nitrogens is 2. The highest BCUT2D eigenvalue weighted by Gasteiger charge is 2.39. The van der Waals surface area contributed by atoms with Gasteiger partial charge in [0.15, 0.2) is 0 Å². The van der Waals surface area contributed by atoms with Gasteiger partial charge in [-0.15, -0.1) is 0 Å². The molecule has 1 aliphatic heterocycles. The summed E-state index contributed by atoms with van der Waals surface area (Å²) >= 11 is 0. The number of primary amides is 1. The molecule has 2 fully saturated rings. The normalized spacial score (nSPS) is 21.3. The minimum atomic E-state index is -4.48. The van der Waals surface area contributed by atoms with Gasteiger partial charge in [-0.05, 0) is 56.0 Å². The van der Waals surface area contributed by atoms with Crippen molar-refractivity contribution in [3.63, 3.8) is 0 Å². The summed E-state index contributed by atoms with van der Waals surface area (Å²) in [5.41, 5.74) is 5.76. The maximum absolute atomic E-state index is 13.4. The molecule has 2 N–H and O–H groups in total. The van der Waals surface area contributed by atoms with Crippen LogP contribution in [0.4, 0.5) is 18.9 Å². The summed E-state index contributed by atoms with van der Waals surface area (Å²) in [6, 6.07) is 10.8. The van der Waals surface area contributed by atoms with Crippen LogP contribution in [0.15, 0.2) is 59.7 Å². The number of anilines is 1. The number of amides is 1. The van der Waals surface area contributed by atoms with Gasteiger partial charge in [-0.2, -0.15) is 13.2 Å². The lowest BCUT2D eigenvalue weighted by molar-refractivity contribution is -0.137. The minimum absolute atomic E-state index is 0.0188. The predicted octanol–water partition coefficient (Wildman–Crippen LogP) is 3.58. The van der Waals surface area contributed by atoms with Crippen molar-refractivity contribution in [2.75, 3.05) is 24.5 Å². The Morgan fingerprint density at radius 1 is 1.06 bits per heavy atom. The van der Waals surface area contributed by atoms with Crippen molar-refractivity contribution < 1.29 is 18.0 Å². The molecule has 3 heterocycles. The Labute approximate surface area is 206 Å². The van der Waals surface area contributed by atoms with Crippen LogP contribution in [-0.4, -0.2) is 52.1 Å². The number of fused-ring (bicyclic) bond motifs is 1. The van der Waals surface area contributed by atoms with E-state index in [-0.39, 0.29) is 24.2 Å². The van der Waals surface area contributed by atoms with Crippen LogP contribution in [0.2, 0.25) is 0 Å². The molecule has 1 amide bonds. The lowest BCUT2D eigenvalue weighted by atomic mass is 9.87. The Morgan fingerprint density at radius 3 is 2.44 bits per heavy atom. The molecule has 7 nitrogen and oxygen atoms in total. The first-order valence-corrected chi connectivity index (χ1v) is 12.1. The van der Waals surface area contributed by atoms with Gasteiger partial charge in [0.2, 0.25) is 5.91 Å². The third-order valence-corrected chi connectivity index (χ3v) is 7.44. The summed E-state index contributed by atoms with van der Waals surface area (Å²) in [4.78, 5) is 32.5. The minimum Gasteiger partial charge on any atom is -0.368 e. The molecule has 5 rings (SSSR count). The van der Waals surface area contributed by atoms with E-state index in [1.807, 2.05) is 21.7 Å². The van der Waals surface area contributed by atoms with Crippen LogP contribution < -0.4 is 16.2 Å². The molecular formula is C26H28F3N5O2. The standard InChI is InChI=1S/C26H28F3N5O2/c27-26(28,29)17-4-9-22-21(13-17)23(10-11-31-22)34(16-24(30)35)20-14-32(15-20)18-5-7-19(8-6-18)33-12-2-1-3-25(33)36/h1-4,9-13,18-20H,5-8,14-16H2,(H2,30,35). The SMILES string of the molecule is NC(=O)CN(c1ccnc2ccc(C(F)(F)F)cc12)C1CN(C2CCC(n3ccccc3=O)CC2)C1. The van der Waals surface area contributed by atoms with Crippen LogP contribution in [0.3, 0.4) is 0 Å². The van der Waals surface area contributed by atoms with Gasteiger partial charge < -0.3 is 15.2 Å². The number of likely N-dealkylation sites (tertiary alicyclic amines) is 1. The van der Waals surface area contributed by atoms with Gasteiger partial charge in [0.25, 0.3) is 5.56 Å². The van der Waals surface area contributed by atoms with Crippen LogP contribution in [-0.2, 0) is 11.0 Å². The molecule has 1 saturated heterocycles. The monoisotopic (exact) mass is 499 g/mol. The number of carbonyl (C=O) groups is 1. The largest absolute Gasteiger partial charge is 0.416 e. The number of hydrogen-bond acceptors (Lipinski definition) is 5. The van der Waals surface area contributed by atoms with Crippen molar-refractivity contribution in [3.8, 4) is 0 Å². The zero-order chi connectivity index (χ0) is 25.4. The summed E-state index contributed by atoms with van der Waals surface area (Å²) in [7, 11) is 0. The molecule has 190 valence electrons. The first-order chi connectivity index (χ1) is 17.2. The molecule has 2 aromatic heterocycles. The number of benzene rings is 1. The van der Waals surface area contributed by atoms with E-state index in [2.05, 4.69) is 9.88 Å². The topological polar surface area (TPSA) is 84.5 Å². The maximum atomic E-state index is 13.4. The highest BCUT2D eigenvalue weighted by Crippen LogP contribution is 2.37. The number of hydrogen-bond donors (Lipinski definition) is 1. The van der Waals surface area contributed by atoms with Crippen molar-refractivity contribution in [1.29, 1.82) is 0 Å². The van der Waals surface area contributed by atoms with Gasteiger partial charge in [0.05, 0.1) is 23.7 Å². The molecule has 10 heteroatoms. The summed E-state index contributed by atoms with van der Waals surface area (Å²) in [5.74, 6) is -0.542. The molecule has 1 aliphatic carbocycles. The van der Waals surface area contributed by atoms with Crippen LogP contribution in [0.1, 0.15) is 37.3 Å². The van der Waals surface area contributed by atoms with Crippen molar-refractivity contribution in [1.82, 2.24) is 14.5 Å². The maximum Gasteiger partial charge on any atom is 0.416 e. The van der Waals surface area contributed by atoms with Gasteiger partial charge >= 0.3 is 6.18 Å². The first-order valence-electron chi connectivity index (χ1n) is 12.1. The fraction of sp³-hybridized carbons (Fsp3) is 0.423. The van der Waals surface area contributed by atoms with Crippen molar-refractivity contribution >= 4 is 22.5 Å². The molecule has 0 spiro atoms. The Morgan fingerprint density at radius 2 is 1.78 bits per heavy atom. The molecule has 2 aliphatic rings. The van der Waals surface area contributed by atoms with E-state index in [1.165, 1.54) is 6.07 Å². The fourth-order valence-corrected chi connectivity index (χ4v) is 5.56. The fourth-order valence-electron chi connectivity index (χ4n) is 5.56. The molecule has 1 aromatic carbocycles. The van der Waals surface area contributed by atoms with Gasteiger partial charge in [0, 0.05) is 54.7 Å². The number of halogens is 3. The van der Waals surface area contributed by atoms with Gasteiger partial charge in [-0.25, -0.2) is 0 Å². The zero-order valence-corrected chi connectivity index (χ0v) is 19.7. The molecule has 0 bridgehead atoms. The molecule has 3 aromatic rings. The second-order valence-electron chi connectivity index (χ2n) is 9.67. The molecular weight excluding hydrogens is 471 g/mol. The quantitative estimate of drug-likeness (QED) is 0.561. The second kappa shape index (κ2) is 9.57. The van der Waals surface area contributed by atoms with E-state index in [0.29, 0.717) is 35.7 Å². The summed E-state index contributed by atoms with van der Waals surface area (Å²) < 4.78 is 41.9. The van der Waals surface area contributed by atoms with Crippen LogP contribution in [0.25, 0.3) is 10.9 Å². The lowest BCUT2D eigenvalue weighted by Crippen LogP contribution is -2.63. The van der Waals surface area contributed by atoms with E-state index in [9.17, 15) is 22.8 Å². The van der Waals surface area contributed by atoms with Crippen LogP contribution in [0, 0.1) is 0 Å². The Hall–Kier alpha value is -3.40. The Kier molecular flexibility index (Phi) is 6.46. The average molecular weight is 500 g/mol. The lowest BCUT2D eigenvalue weighted by Gasteiger charge is -2.51.